The molecule has 0 aliphatic carbocycles. The third kappa shape index (κ3) is 2.80. The number of nitrogens with one attached hydrogen (secondary N) is 1. The molecule has 6 nitrogen and oxygen atoms in total. The second kappa shape index (κ2) is 5.94. The highest BCUT2D eigenvalue weighted by Gasteiger charge is 2.38. The third-order valence-corrected chi connectivity index (χ3v) is 4.84. The molecule has 3 rings (SSSR count). The van der Waals surface area contributed by atoms with Gasteiger partial charge in [-0.25, -0.2) is 4.68 Å². The number of likely N-dealkylation sites (N-methyl/N-ethyl adjacent to an activating group) is 1. The van der Waals surface area contributed by atoms with Crippen LogP contribution in [0.5, 0.6) is 0 Å². The summed E-state index contributed by atoms with van der Waals surface area (Å²) in [6, 6.07) is 0.446. The quantitative estimate of drug-likeness (QED) is 0.864. The van der Waals surface area contributed by atoms with E-state index in [0.717, 1.165) is 38.3 Å². The van der Waals surface area contributed by atoms with Gasteiger partial charge in [0.15, 0.2) is 0 Å². The molecule has 0 spiro atoms. The molecule has 0 bridgehead atoms. The van der Waals surface area contributed by atoms with E-state index in [1.807, 2.05) is 19.0 Å². The molecule has 7 heteroatoms. The van der Waals surface area contributed by atoms with Gasteiger partial charge in [-0.3, -0.25) is 4.79 Å². The summed E-state index contributed by atoms with van der Waals surface area (Å²) >= 11 is 6.34. The van der Waals surface area contributed by atoms with Crippen molar-refractivity contribution < 1.29 is 0 Å². The number of hydrogen-bond donors (Lipinski definition) is 1. The summed E-state index contributed by atoms with van der Waals surface area (Å²) < 4.78 is 1.45. The van der Waals surface area contributed by atoms with E-state index in [1.54, 1.807) is 6.20 Å². The smallest absolute Gasteiger partial charge is 0.287 e. The van der Waals surface area contributed by atoms with Crippen molar-refractivity contribution in [2.24, 2.45) is 5.92 Å². The molecule has 3 heterocycles. The van der Waals surface area contributed by atoms with Crippen molar-refractivity contribution in [3.63, 3.8) is 0 Å². The lowest BCUT2D eigenvalue weighted by Gasteiger charge is -2.26. The zero-order valence-corrected chi connectivity index (χ0v) is 13.3. The van der Waals surface area contributed by atoms with Crippen molar-refractivity contribution in [3.05, 3.63) is 21.6 Å². The Morgan fingerprint density at radius 2 is 2.29 bits per heavy atom. The van der Waals surface area contributed by atoms with Crippen molar-refractivity contribution >= 4 is 17.3 Å². The maximum Gasteiger partial charge on any atom is 0.287 e. The lowest BCUT2D eigenvalue weighted by Crippen LogP contribution is -2.37. The number of fused-ring (bicyclic) bond motifs is 1. The monoisotopic (exact) mass is 311 g/mol. The van der Waals surface area contributed by atoms with Crippen LogP contribution in [0.15, 0.2) is 11.0 Å². The molecule has 1 aromatic heterocycles. The molecular formula is C14H22ClN5O. The fourth-order valence-corrected chi connectivity index (χ4v) is 3.51. The van der Waals surface area contributed by atoms with E-state index < -0.39 is 0 Å². The van der Waals surface area contributed by atoms with E-state index in [9.17, 15) is 4.79 Å². The SMILES string of the molecule is CN(C)CCn1ncc(N2CC[C@H]3CNC[C@H]32)c(Cl)c1=O. The summed E-state index contributed by atoms with van der Waals surface area (Å²) in [4.78, 5) is 16.6. The van der Waals surface area contributed by atoms with Crippen LogP contribution in [0.2, 0.25) is 5.02 Å². The average Bonchev–Trinajstić information content (AvgIpc) is 3.04. The van der Waals surface area contributed by atoms with Crippen molar-refractivity contribution in [2.75, 3.05) is 45.2 Å². The highest BCUT2D eigenvalue weighted by atomic mass is 35.5. The number of aromatic nitrogens is 2. The van der Waals surface area contributed by atoms with Crippen LogP contribution >= 0.6 is 11.6 Å². The van der Waals surface area contributed by atoms with Crippen molar-refractivity contribution in [3.8, 4) is 0 Å². The number of hydrogen-bond acceptors (Lipinski definition) is 5. The second-order valence-corrected chi connectivity index (χ2v) is 6.52. The average molecular weight is 312 g/mol. The molecule has 0 unspecified atom stereocenters. The Morgan fingerprint density at radius 3 is 3.05 bits per heavy atom. The van der Waals surface area contributed by atoms with Gasteiger partial charge < -0.3 is 15.1 Å². The fraction of sp³-hybridized carbons (Fsp3) is 0.714. The van der Waals surface area contributed by atoms with Gasteiger partial charge in [0.2, 0.25) is 0 Å². The molecule has 0 aromatic carbocycles. The Bertz CT molecular complexity index is 573. The highest BCUT2D eigenvalue weighted by molar-refractivity contribution is 6.33. The zero-order valence-electron chi connectivity index (χ0n) is 12.5. The largest absolute Gasteiger partial charge is 0.364 e. The van der Waals surface area contributed by atoms with E-state index in [0.29, 0.717) is 23.5 Å². The Hall–Kier alpha value is -1.11. The molecule has 1 aromatic rings. The molecule has 0 saturated carbocycles. The van der Waals surface area contributed by atoms with Gasteiger partial charge in [0.05, 0.1) is 18.4 Å². The standard InChI is InChI=1S/C14H22ClN5O/c1-18(2)5-6-20-14(21)13(15)12(9-17-20)19-4-3-10-7-16-8-11(10)19/h9-11,16H,3-8H2,1-2H3/t10-,11+/m0/s1. The number of halogens is 1. The molecule has 2 aliphatic heterocycles. The first-order chi connectivity index (χ1) is 10.1. The lowest BCUT2D eigenvalue weighted by atomic mass is 10.1. The Labute approximate surface area is 129 Å². The van der Waals surface area contributed by atoms with Crippen LogP contribution in [0.3, 0.4) is 0 Å². The van der Waals surface area contributed by atoms with Gasteiger partial charge in [0.25, 0.3) is 5.56 Å². The van der Waals surface area contributed by atoms with Gasteiger partial charge in [-0.15, -0.1) is 0 Å². The van der Waals surface area contributed by atoms with E-state index in [2.05, 4.69) is 15.3 Å². The summed E-state index contributed by atoms with van der Waals surface area (Å²) in [5, 5.41) is 8.01. The maximum atomic E-state index is 12.4. The van der Waals surface area contributed by atoms with Crippen LogP contribution in [0.1, 0.15) is 6.42 Å². The molecule has 0 radical (unpaired) electrons. The predicted molar refractivity (Wildman–Crippen MR) is 84.2 cm³/mol. The fourth-order valence-electron chi connectivity index (χ4n) is 3.26. The van der Waals surface area contributed by atoms with Crippen LogP contribution in [0, 0.1) is 5.92 Å². The van der Waals surface area contributed by atoms with Gasteiger partial charge in [-0.1, -0.05) is 11.6 Å². The van der Waals surface area contributed by atoms with Crippen LogP contribution in [0.4, 0.5) is 5.69 Å². The Morgan fingerprint density at radius 1 is 1.48 bits per heavy atom. The molecule has 2 aliphatic rings. The molecule has 0 amide bonds. The molecule has 2 fully saturated rings. The minimum Gasteiger partial charge on any atom is -0.364 e. The molecule has 116 valence electrons. The van der Waals surface area contributed by atoms with Crippen LogP contribution in [0.25, 0.3) is 0 Å². The minimum absolute atomic E-state index is 0.189. The predicted octanol–water partition coefficient (Wildman–Crippen LogP) is 0.256. The van der Waals surface area contributed by atoms with E-state index in [4.69, 9.17) is 11.6 Å². The topological polar surface area (TPSA) is 53.4 Å². The van der Waals surface area contributed by atoms with Crippen LogP contribution < -0.4 is 15.8 Å². The summed E-state index contributed by atoms with van der Waals surface area (Å²) in [6.45, 7) is 4.30. The minimum atomic E-state index is -0.189. The van der Waals surface area contributed by atoms with Crippen molar-refractivity contribution in [2.45, 2.75) is 19.0 Å². The molecule has 21 heavy (non-hydrogen) atoms. The number of anilines is 1. The van der Waals surface area contributed by atoms with Gasteiger partial charge in [-0.05, 0) is 26.4 Å². The number of nitrogens with zero attached hydrogens (tertiary/aromatic N) is 4. The first-order valence-corrected chi connectivity index (χ1v) is 7.83. The molecule has 1 N–H and O–H groups in total. The van der Waals surface area contributed by atoms with E-state index >= 15 is 0 Å². The lowest BCUT2D eigenvalue weighted by molar-refractivity contribution is 0.367. The summed E-state index contributed by atoms with van der Waals surface area (Å²) in [6.07, 6.45) is 2.90. The van der Waals surface area contributed by atoms with Gasteiger partial charge in [-0.2, -0.15) is 5.10 Å². The van der Waals surface area contributed by atoms with Crippen molar-refractivity contribution in [1.82, 2.24) is 20.0 Å². The summed E-state index contributed by atoms with van der Waals surface area (Å²) in [7, 11) is 3.94. The Kier molecular flexibility index (Phi) is 4.19. The third-order valence-electron chi connectivity index (χ3n) is 4.48. The maximum absolute atomic E-state index is 12.4. The van der Waals surface area contributed by atoms with Gasteiger partial charge >= 0.3 is 0 Å². The zero-order chi connectivity index (χ0) is 15.0. The van der Waals surface area contributed by atoms with E-state index in [1.165, 1.54) is 4.68 Å². The Balaban J connectivity index is 1.84. The normalized spacial score (nSPS) is 24.9. The molecule has 2 saturated heterocycles. The highest BCUT2D eigenvalue weighted by Crippen LogP contribution is 2.33. The molecule has 2 atom stereocenters. The summed E-state index contributed by atoms with van der Waals surface area (Å²) in [5.41, 5.74) is 0.601. The molecular weight excluding hydrogens is 290 g/mol. The van der Waals surface area contributed by atoms with Gasteiger partial charge in [0.1, 0.15) is 5.02 Å². The van der Waals surface area contributed by atoms with Crippen molar-refractivity contribution in [1.29, 1.82) is 0 Å². The first kappa shape index (κ1) is 14.8. The van der Waals surface area contributed by atoms with Crippen LogP contribution in [-0.4, -0.2) is 61.0 Å². The van der Waals surface area contributed by atoms with Crippen LogP contribution in [-0.2, 0) is 6.54 Å². The summed E-state index contributed by atoms with van der Waals surface area (Å²) in [5.74, 6) is 0.664. The first-order valence-electron chi connectivity index (χ1n) is 7.45. The number of rotatable bonds is 4. The second-order valence-electron chi connectivity index (χ2n) is 6.14. The van der Waals surface area contributed by atoms with Gasteiger partial charge in [0, 0.05) is 32.2 Å². The van der Waals surface area contributed by atoms with E-state index in [-0.39, 0.29) is 5.56 Å².